The number of hydrogen-bond donors (Lipinski definition) is 1. The summed E-state index contributed by atoms with van der Waals surface area (Å²) in [6.45, 7) is 2.59. The predicted octanol–water partition coefficient (Wildman–Crippen LogP) is 7.53. The number of phosphoric ester groups is 1. The van der Waals surface area contributed by atoms with Gasteiger partial charge in [-0.2, -0.15) is 0 Å². The largest absolute Gasteiger partial charge is 0.471 e. The minimum Gasteiger partial charge on any atom is -0.457 e. The van der Waals surface area contributed by atoms with Crippen molar-refractivity contribution in [1.82, 2.24) is 0 Å². The highest BCUT2D eigenvalue weighted by atomic mass is 32.2. The van der Waals surface area contributed by atoms with Gasteiger partial charge in [-0.25, -0.2) is 4.57 Å². The molecular formula is C27H39O7PS. The second kappa shape index (κ2) is 17.7. The fraction of sp³-hybridized carbons (Fsp3) is 0.519. The van der Waals surface area contributed by atoms with Crippen LogP contribution in [0.25, 0.3) is 0 Å². The van der Waals surface area contributed by atoms with E-state index in [4.69, 9.17) is 14.0 Å². The molecule has 2 aromatic rings. The van der Waals surface area contributed by atoms with E-state index in [0.29, 0.717) is 13.0 Å². The van der Waals surface area contributed by atoms with Gasteiger partial charge in [0, 0.05) is 13.5 Å². The molecule has 0 spiro atoms. The Morgan fingerprint density at radius 3 is 2.22 bits per heavy atom. The number of thioether (sulfide) groups is 1. The van der Waals surface area contributed by atoms with Crippen molar-refractivity contribution in [3.63, 3.8) is 0 Å². The van der Waals surface area contributed by atoms with Gasteiger partial charge < -0.3 is 14.4 Å². The summed E-state index contributed by atoms with van der Waals surface area (Å²) in [5.41, 5.74) is 0.944. The van der Waals surface area contributed by atoms with Gasteiger partial charge in [0.25, 0.3) is 0 Å². The summed E-state index contributed by atoms with van der Waals surface area (Å²) < 4.78 is 32.8. The van der Waals surface area contributed by atoms with Gasteiger partial charge in [-0.1, -0.05) is 87.5 Å². The van der Waals surface area contributed by atoms with Crippen LogP contribution in [0.3, 0.4) is 0 Å². The Kier molecular flexibility index (Phi) is 15.0. The Labute approximate surface area is 219 Å². The normalized spacial score (nSPS) is 13.8. The maximum absolute atomic E-state index is 12.5. The molecule has 200 valence electrons. The molecule has 0 aliphatic rings. The molecule has 0 saturated carbocycles. The number of carbonyl (C=O) groups is 1. The van der Waals surface area contributed by atoms with Gasteiger partial charge >= 0.3 is 7.82 Å². The molecule has 2 aromatic carbocycles. The molecule has 1 N–H and O–H groups in total. The monoisotopic (exact) mass is 538 g/mol. The molecule has 7 nitrogen and oxygen atoms in total. The second-order valence-corrected chi connectivity index (χ2v) is 11.4. The molecule has 0 amide bonds. The lowest BCUT2D eigenvalue weighted by atomic mass is 10.1. The van der Waals surface area contributed by atoms with Gasteiger partial charge in [-0.05, 0) is 36.2 Å². The summed E-state index contributed by atoms with van der Waals surface area (Å²) in [5.74, 6) is 1.49. The Bertz CT molecular complexity index is 908. The minimum atomic E-state index is -4.13. The lowest BCUT2D eigenvalue weighted by Gasteiger charge is -2.18. The minimum absolute atomic E-state index is 0.0355. The van der Waals surface area contributed by atoms with E-state index in [1.165, 1.54) is 25.7 Å². The number of phosphoric acid groups is 1. The lowest BCUT2D eigenvalue weighted by molar-refractivity contribution is -0.111. The van der Waals surface area contributed by atoms with Crippen molar-refractivity contribution in [2.24, 2.45) is 0 Å². The zero-order valence-corrected chi connectivity index (χ0v) is 23.0. The second-order valence-electron chi connectivity index (χ2n) is 8.50. The maximum atomic E-state index is 12.5. The molecule has 0 aromatic heterocycles. The number of carbonyl (C=O) groups excluding carboxylic acids is 1. The summed E-state index contributed by atoms with van der Waals surface area (Å²) in [4.78, 5) is 22.0. The van der Waals surface area contributed by atoms with Crippen LogP contribution in [0, 0.1) is 0 Å². The zero-order chi connectivity index (χ0) is 26.1. The van der Waals surface area contributed by atoms with Crippen LogP contribution in [0.1, 0.15) is 63.9 Å². The van der Waals surface area contributed by atoms with Crippen molar-refractivity contribution in [2.75, 3.05) is 20.3 Å². The number of unbranched alkanes of at least 4 members (excludes halogenated alkanes) is 6. The van der Waals surface area contributed by atoms with Crippen LogP contribution in [-0.2, 0) is 29.8 Å². The topological polar surface area (TPSA) is 91.3 Å². The van der Waals surface area contributed by atoms with Gasteiger partial charge in [0.1, 0.15) is 11.5 Å². The van der Waals surface area contributed by atoms with E-state index in [0.717, 1.165) is 55.2 Å². The highest BCUT2D eigenvalue weighted by molar-refractivity contribution is 8.14. The molecule has 0 radical (unpaired) electrons. The van der Waals surface area contributed by atoms with Gasteiger partial charge in [-0.15, -0.1) is 0 Å². The SMILES string of the molecule is CCCCCCCCCC(=O)S[C@@H](COCc1ccc(Oc2ccccc2)cc1)COP(=O)(O)OC. The van der Waals surface area contributed by atoms with Crippen molar-refractivity contribution in [3.8, 4) is 11.5 Å². The average molecular weight is 539 g/mol. The van der Waals surface area contributed by atoms with E-state index in [-0.39, 0.29) is 18.3 Å². The molecule has 1 unspecified atom stereocenters. The van der Waals surface area contributed by atoms with Crippen LogP contribution in [0.5, 0.6) is 11.5 Å². The first kappa shape index (κ1) is 30.6. The van der Waals surface area contributed by atoms with Crippen LogP contribution >= 0.6 is 19.6 Å². The Morgan fingerprint density at radius 2 is 1.56 bits per heavy atom. The van der Waals surface area contributed by atoms with Gasteiger partial charge in [0.05, 0.1) is 25.1 Å². The zero-order valence-electron chi connectivity index (χ0n) is 21.3. The third kappa shape index (κ3) is 13.6. The quantitative estimate of drug-likeness (QED) is 0.145. The number of para-hydroxylation sites is 1. The molecule has 0 bridgehead atoms. The lowest BCUT2D eigenvalue weighted by Crippen LogP contribution is -2.20. The fourth-order valence-electron chi connectivity index (χ4n) is 3.40. The summed E-state index contributed by atoms with van der Waals surface area (Å²) in [6.07, 6.45) is 8.44. The van der Waals surface area contributed by atoms with Gasteiger partial charge in [-0.3, -0.25) is 13.8 Å². The molecule has 0 fully saturated rings. The highest BCUT2D eigenvalue weighted by Gasteiger charge is 2.23. The van der Waals surface area contributed by atoms with Crippen molar-refractivity contribution in [1.29, 1.82) is 0 Å². The molecule has 2 atom stereocenters. The molecule has 0 aliphatic carbocycles. The van der Waals surface area contributed by atoms with Crippen molar-refractivity contribution < 1.29 is 32.8 Å². The third-order valence-corrected chi connectivity index (χ3v) is 7.42. The van der Waals surface area contributed by atoms with E-state index >= 15 is 0 Å². The standard InChI is InChI=1S/C27H39O7PS/c1-3-4-5-6-7-8-12-15-27(28)36-26(22-33-35(29,30)31-2)21-32-20-23-16-18-25(19-17-23)34-24-13-10-9-11-14-24/h9-11,13-14,16-19,26H,3-8,12,15,20-22H2,1-2H3,(H,29,30)/t26-/m0/s1. The van der Waals surface area contributed by atoms with Gasteiger partial charge in [0.2, 0.25) is 0 Å². The number of ether oxygens (including phenoxy) is 2. The van der Waals surface area contributed by atoms with Gasteiger partial charge in [0.15, 0.2) is 5.12 Å². The van der Waals surface area contributed by atoms with E-state index in [9.17, 15) is 14.3 Å². The van der Waals surface area contributed by atoms with E-state index in [1.54, 1.807) is 0 Å². The smallest absolute Gasteiger partial charge is 0.457 e. The van der Waals surface area contributed by atoms with Crippen LogP contribution in [0.15, 0.2) is 54.6 Å². The molecule has 2 rings (SSSR count). The van der Waals surface area contributed by atoms with Crippen LogP contribution in [0.2, 0.25) is 0 Å². The summed E-state index contributed by atoms with van der Waals surface area (Å²) in [6, 6.07) is 17.1. The molecular weight excluding hydrogens is 499 g/mol. The van der Waals surface area contributed by atoms with E-state index in [1.807, 2.05) is 54.6 Å². The number of benzene rings is 2. The number of rotatable bonds is 19. The van der Waals surface area contributed by atoms with Crippen molar-refractivity contribution >= 4 is 24.7 Å². The van der Waals surface area contributed by atoms with Crippen molar-refractivity contribution in [2.45, 2.75) is 70.1 Å². The van der Waals surface area contributed by atoms with Crippen molar-refractivity contribution in [3.05, 3.63) is 60.2 Å². The first-order chi connectivity index (χ1) is 17.4. The molecule has 9 heteroatoms. The average Bonchev–Trinajstić information content (AvgIpc) is 2.88. The molecule has 36 heavy (non-hydrogen) atoms. The first-order valence-corrected chi connectivity index (χ1v) is 14.9. The summed E-state index contributed by atoms with van der Waals surface area (Å²) in [5, 5.41) is -0.383. The van der Waals surface area contributed by atoms with Crippen LogP contribution in [-0.4, -0.2) is 35.6 Å². The fourth-order valence-corrected chi connectivity index (χ4v) is 4.91. The third-order valence-electron chi connectivity index (χ3n) is 5.41. The Morgan fingerprint density at radius 1 is 0.917 bits per heavy atom. The van der Waals surface area contributed by atoms with E-state index < -0.39 is 13.1 Å². The van der Waals surface area contributed by atoms with E-state index in [2.05, 4.69) is 11.4 Å². The maximum Gasteiger partial charge on any atom is 0.471 e. The first-order valence-electron chi connectivity index (χ1n) is 12.5. The van der Waals surface area contributed by atoms with Crippen LogP contribution in [0.4, 0.5) is 0 Å². The Balaban J connectivity index is 1.78. The van der Waals surface area contributed by atoms with Crippen LogP contribution < -0.4 is 4.74 Å². The molecule has 0 aliphatic heterocycles. The molecule has 0 heterocycles. The number of hydrogen-bond acceptors (Lipinski definition) is 7. The summed E-state index contributed by atoms with van der Waals surface area (Å²) >= 11 is 1.11. The molecule has 0 saturated heterocycles. The summed E-state index contributed by atoms with van der Waals surface area (Å²) in [7, 11) is -3.02. The highest BCUT2D eigenvalue weighted by Crippen LogP contribution is 2.42. The predicted molar refractivity (Wildman–Crippen MR) is 144 cm³/mol. The Hall–Kier alpha value is -1.67.